The standard InChI is InChI=1S/C6H10NO2Si/c1-3-5(10)7-6(8)9-4-2/h4-5H,2-3H2,1H3,(H,7,8). The third-order valence-corrected chi connectivity index (χ3v) is 1.44. The van der Waals surface area contributed by atoms with Crippen LogP contribution in [0.1, 0.15) is 13.3 Å². The van der Waals surface area contributed by atoms with Crippen molar-refractivity contribution in [2.45, 2.75) is 19.0 Å². The second-order valence-corrected chi connectivity index (χ2v) is 2.37. The minimum absolute atomic E-state index is 0.0348. The fourth-order valence-electron chi connectivity index (χ4n) is 0.354. The monoisotopic (exact) mass is 156 g/mol. The highest BCUT2D eigenvalue weighted by Gasteiger charge is 2.03. The van der Waals surface area contributed by atoms with E-state index >= 15 is 0 Å². The number of alkyl carbamates (subject to hydrolysis) is 1. The molecule has 10 heavy (non-hydrogen) atoms. The molecule has 1 N–H and O–H groups in total. The molecule has 0 aromatic rings. The molecule has 0 aliphatic heterocycles. The van der Waals surface area contributed by atoms with E-state index in [9.17, 15) is 4.79 Å². The van der Waals surface area contributed by atoms with E-state index in [1.54, 1.807) is 0 Å². The summed E-state index contributed by atoms with van der Waals surface area (Å²) in [6.45, 7) is 5.17. The molecule has 0 aliphatic rings. The van der Waals surface area contributed by atoms with Crippen LogP contribution in [0.2, 0.25) is 0 Å². The Morgan fingerprint density at radius 2 is 2.60 bits per heavy atom. The van der Waals surface area contributed by atoms with Crippen LogP contribution < -0.4 is 5.32 Å². The number of amides is 1. The second kappa shape index (κ2) is 5.05. The molecule has 1 unspecified atom stereocenters. The van der Waals surface area contributed by atoms with Crippen LogP contribution in [0, 0.1) is 0 Å². The number of hydrogen-bond donors (Lipinski definition) is 1. The van der Waals surface area contributed by atoms with E-state index in [-0.39, 0.29) is 5.67 Å². The van der Waals surface area contributed by atoms with Gasteiger partial charge in [0, 0.05) is 5.67 Å². The van der Waals surface area contributed by atoms with Crippen LogP contribution in [0.15, 0.2) is 12.8 Å². The van der Waals surface area contributed by atoms with Crippen molar-refractivity contribution >= 4 is 16.3 Å². The number of hydrogen-bond acceptors (Lipinski definition) is 2. The lowest BCUT2D eigenvalue weighted by molar-refractivity contribution is 0.184. The highest BCUT2D eigenvalue weighted by molar-refractivity contribution is 6.12. The van der Waals surface area contributed by atoms with E-state index < -0.39 is 6.09 Å². The van der Waals surface area contributed by atoms with Crippen molar-refractivity contribution in [2.24, 2.45) is 0 Å². The molecule has 0 saturated carbocycles. The Labute approximate surface area is 63.9 Å². The van der Waals surface area contributed by atoms with E-state index in [0.29, 0.717) is 0 Å². The van der Waals surface area contributed by atoms with Gasteiger partial charge in [0.1, 0.15) is 0 Å². The highest BCUT2D eigenvalue weighted by atomic mass is 28.1. The van der Waals surface area contributed by atoms with Gasteiger partial charge in [-0.15, -0.1) is 0 Å². The van der Waals surface area contributed by atoms with Gasteiger partial charge < -0.3 is 10.1 Å². The average molecular weight is 156 g/mol. The van der Waals surface area contributed by atoms with Crippen molar-refractivity contribution in [3.63, 3.8) is 0 Å². The van der Waals surface area contributed by atoms with Crippen molar-refractivity contribution in [1.82, 2.24) is 5.32 Å². The van der Waals surface area contributed by atoms with Crippen molar-refractivity contribution in [3.8, 4) is 0 Å². The summed E-state index contributed by atoms with van der Waals surface area (Å²) in [5.41, 5.74) is -0.0348. The predicted molar refractivity (Wildman–Crippen MR) is 39.6 cm³/mol. The summed E-state index contributed by atoms with van der Waals surface area (Å²) in [5, 5.41) is 2.51. The molecule has 1 amide bonds. The molecule has 0 heterocycles. The molecule has 3 radical (unpaired) electrons. The van der Waals surface area contributed by atoms with Gasteiger partial charge in [0.25, 0.3) is 0 Å². The fraction of sp³-hybridized carbons (Fsp3) is 0.500. The first kappa shape index (κ1) is 9.23. The minimum atomic E-state index is -0.489. The van der Waals surface area contributed by atoms with E-state index in [1.807, 2.05) is 6.92 Å². The molecule has 0 aromatic heterocycles. The normalized spacial score (nSPS) is 11.8. The molecule has 0 saturated heterocycles. The molecular weight excluding hydrogens is 146 g/mol. The maximum atomic E-state index is 10.6. The van der Waals surface area contributed by atoms with Crippen LogP contribution in [0.5, 0.6) is 0 Å². The number of carbonyl (C=O) groups excluding carboxylic acids is 1. The lowest BCUT2D eigenvalue weighted by Gasteiger charge is -2.08. The first-order chi connectivity index (χ1) is 4.70. The SMILES string of the molecule is C=COC(=O)NC([Si])CC. The lowest BCUT2D eigenvalue weighted by Crippen LogP contribution is -2.34. The van der Waals surface area contributed by atoms with Gasteiger partial charge in [0.15, 0.2) is 0 Å². The fourth-order valence-corrected chi connectivity index (χ4v) is 0.472. The van der Waals surface area contributed by atoms with Gasteiger partial charge in [-0.05, 0) is 6.42 Å². The van der Waals surface area contributed by atoms with Gasteiger partial charge >= 0.3 is 6.09 Å². The Hall–Kier alpha value is -0.773. The molecule has 0 fully saturated rings. The van der Waals surface area contributed by atoms with E-state index in [2.05, 4.69) is 26.9 Å². The summed E-state index contributed by atoms with van der Waals surface area (Å²) in [6.07, 6.45) is 1.41. The maximum absolute atomic E-state index is 10.6. The van der Waals surface area contributed by atoms with Crippen LogP contribution in [-0.4, -0.2) is 22.0 Å². The summed E-state index contributed by atoms with van der Waals surface area (Å²) in [6, 6.07) is 0. The maximum Gasteiger partial charge on any atom is 0.411 e. The Balaban J connectivity index is 3.46. The van der Waals surface area contributed by atoms with Gasteiger partial charge in [0.2, 0.25) is 0 Å². The topological polar surface area (TPSA) is 38.3 Å². The number of nitrogens with one attached hydrogen (secondary N) is 1. The summed E-state index contributed by atoms with van der Waals surface area (Å²) < 4.78 is 4.40. The van der Waals surface area contributed by atoms with Gasteiger partial charge in [-0.1, -0.05) is 13.5 Å². The highest BCUT2D eigenvalue weighted by Crippen LogP contribution is 1.85. The van der Waals surface area contributed by atoms with Gasteiger partial charge in [0.05, 0.1) is 16.5 Å². The first-order valence-corrected chi connectivity index (χ1v) is 3.57. The Kier molecular flexibility index (Phi) is 4.66. The molecule has 0 rings (SSSR count). The summed E-state index contributed by atoms with van der Waals surface area (Å²) in [7, 11) is 3.25. The number of carbonyl (C=O) groups is 1. The quantitative estimate of drug-likeness (QED) is 0.484. The smallest absolute Gasteiger partial charge is 0.411 e. The lowest BCUT2D eigenvalue weighted by atomic mass is 10.5. The number of ether oxygens (including phenoxy) is 1. The summed E-state index contributed by atoms with van der Waals surface area (Å²) in [5.74, 6) is 0. The second-order valence-electron chi connectivity index (χ2n) is 1.68. The molecule has 3 nitrogen and oxygen atoms in total. The zero-order valence-electron chi connectivity index (χ0n) is 5.89. The molecule has 0 spiro atoms. The molecule has 1 atom stereocenters. The van der Waals surface area contributed by atoms with Crippen LogP contribution in [0.3, 0.4) is 0 Å². The van der Waals surface area contributed by atoms with Crippen molar-refractivity contribution < 1.29 is 9.53 Å². The molecule has 0 aliphatic carbocycles. The zero-order valence-corrected chi connectivity index (χ0v) is 6.89. The van der Waals surface area contributed by atoms with Crippen LogP contribution in [0.25, 0.3) is 0 Å². The summed E-state index contributed by atoms with van der Waals surface area (Å²) in [4.78, 5) is 10.6. The van der Waals surface area contributed by atoms with Gasteiger partial charge in [-0.3, -0.25) is 0 Å². The Morgan fingerprint density at radius 3 is 3.00 bits per heavy atom. The third-order valence-electron chi connectivity index (χ3n) is 0.891. The zero-order chi connectivity index (χ0) is 7.98. The Bertz CT molecular complexity index is 127. The van der Waals surface area contributed by atoms with Crippen molar-refractivity contribution in [3.05, 3.63) is 12.8 Å². The van der Waals surface area contributed by atoms with E-state index in [1.165, 1.54) is 0 Å². The van der Waals surface area contributed by atoms with Crippen LogP contribution in [0.4, 0.5) is 4.79 Å². The molecule has 4 heteroatoms. The molecule has 55 valence electrons. The molecule has 0 bridgehead atoms. The van der Waals surface area contributed by atoms with Gasteiger partial charge in [-0.25, -0.2) is 4.79 Å². The number of rotatable bonds is 3. The minimum Gasteiger partial charge on any atom is -0.419 e. The van der Waals surface area contributed by atoms with Gasteiger partial charge in [-0.2, -0.15) is 0 Å². The van der Waals surface area contributed by atoms with Crippen LogP contribution >= 0.6 is 0 Å². The Morgan fingerprint density at radius 1 is 2.00 bits per heavy atom. The largest absolute Gasteiger partial charge is 0.419 e. The first-order valence-electron chi connectivity index (χ1n) is 2.99. The van der Waals surface area contributed by atoms with E-state index in [4.69, 9.17) is 0 Å². The third kappa shape index (κ3) is 4.14. The molecular formula is C6H10NO2Si. The van der Waals surface area contributed by atoms with E-state index in [0.717, 1.165) is 12.7 Å². The van der Waals surface area contributed by atoms with Crippen molar-refractivity contribution in [2.75, 3.05) is 0 Å². The summed E-state index contributed by atoms with van der Waals surface area (Å²) >= 11 is 0. The average Bonchev–Trinajstić information content (AvgIpc) is 1.88. The van der Waals surface area contributed by atoms with Crippen molar-refractivity contribution in [1.29, 1.82) is 0 Å². The van der Waals surface area contributed by atoms with Crippen LogP contribution in [-0.2, 0) is 4.74 Å². The predicted octanol–water partition coefficient (Wildman–Crippen LogP) is 0.761. The molecule has 0 aromatic carbocycles.